The summed E-state index contributed by atoms with van der Waals surface area (Å²) in [5.41, 5.74) is 5.89. The second kappa shape index (κ2) is 9.24. The first-order valence-electron chi connectivity index (χ1n) is 9.43. The van der Waals surface area contributed by atoms with Crippen molar-refractivity contribution in [2.24, 2.45) is 0 Å². The van der Waals surface area contributed by atoms with Gasteiger partial charge in [0.1, 0.15) is 0 Å². The Bertz CT molecular complexity index is 784. The number of benzene rings is 1. The summed E-state index contributed by atoms with van der Waals surface area (Å²) in [5.74, 6) is -0.0407. The summed E-state index contributed by atoms with van der Waals surface area (Å²) in [5, 5.41) is 2.87. The molecule has 2 N–H and O–H groups in total. The van der Waals surface area contributed by atoms with Crippen molar-refractivity contribution in [1.29, 1.82) is 0 Å². The second-order valence-electron chi connectivity index (χ2n) is 8.48. The van der Waals surface area contributed by atoms with Crippen LogP contribution in [0.1, 0.15) is 41.5 Å². The first kappa shape index (κ1) is 23.3. The maximum absolute atomic E-state index is 12.4. The van der Waals surface area contributed by atoms with Crippen molar-refractivity contribution < 1.29 is 69.1 Å². The van der Waals surface area contributed by atoms with Gasteiger partial charge in [-0.25, -0.2) is 17.9 Å². The molecule has 6 nitrogen and oxygen atoms in total. The van der Waals surface area contributed by atoms with Gasteiger partial charge in [-0.15, -0.1) is 0 Å². The fraction of sp³-hybridized carbons (Fsp3) is 0.632. The third-order valence-electron chi connectivity index (χ3n) is 5.20. The van der Waals surface area contributed by atoms with Crippen molar-refractivity contribution in [3.05, 3.63) is 28.3 Å². The Labute approximate surface area is 205 Å². The third-order valence-corrected chi connectivity index (χ3v) is 6.52. The molecular formula is C19H30KN3O3S+2. The number of sulfonamides is 1. The van der Waals surface area contributed by atoms with Crippen molar-refractivity contribution in [2.45, 2.75) is 44.9 Å². The maximum atomic E-state index is 12.4. The van der Waals surface area contributed by atoms with Gasteiger partial charge in [0.15, 0.2) is 0 Å². The molecule has 0 spiro atoms. The van der Waals surface area contributed by atoms with Gasteiger partial charge in [-0.2, -0.15) is 0 Å². The molecule has 0 aliphatic heterocycles. The number of aryl methyl sites for hydroxylation is 2. The molecule has 0 atom stereocenters. The van der Waals surface area contributed by atoms with E-state index in [-0.39, 0.29) is 57.1 Å². The van der Waals surface area contributed by atoms with Crippen LogP contribution in [0.5, 0.6) is 0 Å². The minimum Gasteiger partial charge on any atom is -0.331 e. The molecule has 3 rings (SSSR count). The zero-order valence-corrected chi connectivity index (χ0v) is 21.0. The summed E-state index contributed by atoms with van der Waals surface area (Å²) >= 11 is 0. The topological polar surface area (TPSA) is 75.3 Å². The Morgan fingerprint density at radius 2 is 1.59 bits per heavy atom. The van der Waals surface area contributed by atoms with E-state index in [1.54, 1.807) is 0 Å². The number of urea groups is 1. The van der Waals surface area contributed by atoms with Gasteiger partial charge in [0, 0.05) is 12.1 Å². The van der Waals surface area contributed by atoms with Crippen LogP contribution in [0, 0.1) is 0 Å². The van der Waals surface area contributed by atoms with E-state index in [4.69, 9.17) is 0 Å². The predicted molar refractivity (Wildman–Crippen MR) is 104 cm³/mol. The normalized spacial score (nSPS) is 15.7. The number of nitrogens with zero attached hydrogens (tertiary/aromatic N) is 1. The van der Waals surface area contributed by atoms with E-state index >= 15 is 0 Å². The molecule has 144 valence electrons. The number of amides is 2. The first-order valence-corrected chi connectivity index (χ1v) is 11.1. The monoisotopic (exact) mass is 419 g/mol. The summed E-state index contributed by atoms with van der Waals surface area (Å²) in [6, 6.07) is 1.65. The number of carbonyl (C=O) groups is 1. The van der Waals surface area contributed by atoms with Gasteiger partial charge in [0.25, 0.3) is 0 Å². The fourth-order valence-electron chi connectivity index (χ4n) is 4.03. The van der Waals surface area contributed by atoms with E-state index in [0.717, 1.165) is 50.8 Å². The summed E-state index contributed by atoms with van der Waals surface area (Å²) in [6.07, 6.45) is 6.70. The van der Waals surface area contributed by atoms with Gasteiger partial charge in [-0.05, 0) is 60.8 Å². The number of rotatable bonds is 6. The summed E-state index contributed by atoms with van der Waals surface area (Å²) in [7, 11) is 2.43. The Kier molecular flexibility index (Phi) is 7.98. The van der Waals surface area contributed by atoms with Crippen molar-refractivity contribution in [2.75, 3.05) is 38.8 Å². The molecule has 27 heavy (non-hydrogen) atoms. The summed E-state index contributed by atoms with van der Waals surface area (Å²) in [4.78, 5) is 12.4. The molecule has 0 aromatic heterocycles. The zero-order valence-electron chi connectivity index (χ0n) is 17.0. The van der Waals surface area contributed by atoms with E-state index in [0.29, 0.717) is 10.9 Å². The van der Waals surface area contributed by atoms with Gasteiger partial charge in [0.2, 0.25) is 10.0 Å². The zero-order chi connectivity index (χ0) is 18.9. The molecule has 0 saturated carbocycles. The molecule has 8 heteroatoms. The minimum absolute atomic E-state index is 0. The molecule has 1 aromatic rings. The molecule has 2 aliphatic rings. The summed E-state index contributed by atoms with van der Waals surface area (Å²) in [6.45, 7) is 0.738. The van der Waals surface area contributed by atoms with Crippen molar-refractivity contribution in [3.8, 4) is 0 Å². The third kappa shape index (κ3) is 6.26. The maximum Gasteiger partial charge on any atom is 1.00 e. The fourth-order valence-corrected chi connectivity index (χ4v) is 4.97. The van der Waals surface area contributed by atoms with E-state index in [1.165, 1.54) is 22.3 Å². The molecular weight excluding hydrogens is 389 g/mol. The standard InChI is InChI=1S/C19H29N3O3S.K/c1-22(2,3)11-6-12-26(24,25)21-19(23)20-18-16-9-4-7-14(16)13-15-8-5-10-17(15)18;/h13H,4-12H2,1-3H3,(H-,20,21,23);/q;+1/p+1. The first-order chi connectivity index (χ1) is 12.1. The Morgan fingerprint density at radius 3 is 2.11 bits per heavy atom. The van der Waals surface area contributed by atoms with Crippen LogP contribution in [0.4, 0.5) is 10.5 Å². The number of anilines is 1. The molecule has 0 saturated heterocycles. The van der Waals surface area contributed by atoms with Crippen LogP contribution in [-0.2, 0) is 35.7 Å². The number of fused-ring (bicyclic) bond motifs is 2. The Hall–Kier alpha value is 0.0364. The van der Waals surface area contributed by atoms with Crippen LogP contribution in [0.3, 0.4) is 0 Å². The van der Waals surface area contributed by atoms with E-state index in [2.05, 4.69) is 16.1 Å². The van der Waals surface area contributed by atoms with Crippen LogP contribution in [0.25, 0.3) is 0 Å². The van der Waals surface area contributed by atoms with Crippen LogP contribution in [0.2, 0.25) is 0 Å². The largest absolute Gasteiger partial charge is 1.00 e. The second-order valence-corrected chi connectivity index (χ2v) is 10.3. The van der Waals surface area contributed by atoms with E-state index in [9.17, 15) is 13.2 Å². The van der Waals surface area contributed by atoms with Crippen LogP contribution >= 0.6 is 0 Å². The predicted octanol–water partition coefficient (Wildman–Crippen LogP) is -0.784. The molecule has 0 bridgehead atoms. The average molecular weight is 420 g/mol. The quantitative estimate of drug-likeness (QED) is 0.469. The molecule has 0 heterocycles. The average Bonchev–Trinajstić information content (AvgIpc) is 3.12. The number of hydrogen-bond donors (Lipinski definition) is 2. The number of carbonyl (C=O) groups excluding carboxylic acids is 1. The van der Waals surface area contributed by atoms with Gasteiger partial charge < -0.3 is 9.80 Å². The molecule has 2 aliphatic carbocycles. The Balaban J connectivity index is 0.00000261. The number of quaternary nitrogens is 1. The van der Waals surface area contributed by atoms with Crippen molar-refractivity contribution in [1.82, 2.24) is 4.72 Å². The molecule has 1 aromatic carbocycles. The number of hydrogen-bond acceptors (Lipinski definition) is 3. The van der Waals surface area contributed by atoms with Crippen LogP contribution < -0.4 is 61.4 Å². The van der Waals surface area contributed by atoms with Gasteiger partial charge in [0.05, 0.1) is 33.4 Å². The van der Waals surface area contributed by atoms with Gasteiger partial charge >= 0.3 is 57.4 Å². The molecule has 0 radical (unpaired) electrons. The van der Waals surface area contributed by atoms with Crippen LogP contribution in [-0.4, -0.2) is 52.4 Å². The SMILES string of the molecule is C[N+](C)(C)CCCS(=O)(=O)NC(=O)Nc1c2c(cc3c1CCC3)CCC2.[K+]. The molecule has 0 fully saturated rings. The molecule has 0 unspecified atom stereocenters. The van der Waals surface area contributed by atoms with Gasteiger partial charge in [-0.1, -0.05) is 6.07 Å². The van der Waals surface area contributed by atoms with E-state index < -0.39 is 16.1 Å². The van der Waals surface area contributed by atoms with Crippen LogP contribution in [0.15, 0.2) is 6.07 Å². The van der Waals surface area contributed by atoms with Crippen molar-refractivity contribution in [3.63, 3.8) is 0 Å². The van der Waals surface area contributed by atoms with Crippen molar-refractivity contribution >= 4 is 21.7 Å². The van der Waals surface area contributed by atoms with E-state index in [1.807, 2.05) is 21.1 Å². The molecule has 2 amide bonds. The number of nitrogens with one attached hydrogen (secondary N) is 2. The summed E-state index contributed by atoms with van der Waals surface area (Å²) < 4.78 is 27.3. The Morgan fingerprint density at radius 1 is 1.04 bits per heavy atom. The smallest absolute Gasteiger partial charge is 0.331 e. The van der Waals surface area contributed by atoms with Gasteiger partial charge in [-0.3, -0.25) is 0 Å². The minimum atomic E-state index is -3.62.